The molecule has 124 valence electrons. The van der Waals surface area contributed by atoms with Gasteiger partial charge >= 0.3 is 6.03 Å². The lowest BCUT2D eigenvalue weighted by molar-refractivity contribution is -0.122. The van der Waals surface area contributed by atoms with E-state index in [0.29, 0.717) is 17.3 Å². The van der Waals surface area contributed by atoms with Crippen LogP contribution in [0.4, 0.5) is 10.5 Å². The molecule has 0 aromatic heterocycles. The predicted molar refractivity (Wildman–Crippen MR) is 93.8 cm³/mol. The summed E-state index contributed by atoms with van der Waals surface area (Å²) in [5.74, 6) is 0.325. The molecule has 24 heavy (non-hydrogen) atoms. The lowest BCUT2D eigenvalue weighted by Gasteiger charge is -2.08. The van der Waals surface area contributed by atoms with Crippen molar-refractivity contribution in [3.8, 4) is 0 Å². The fraction of sp³-hybridized carbons (Fsp3) is 0.222. The van der Waals surface area contributed by atoms with Gasteiger partial charge in [-0.1, -0.05) is 35.9 Å². The Morgan fingerprint density at radius 3 is 2.62 bits per heavy atom. The summed E-state index contributed by atoms with van der Waals surface area (Å²) in [4.78, 5) is 23.1. The van der Waals surface area contributed by atoms with E-state index in [4.69, 9.17) is 17.3 Å². The SMILES string of the molecule is NC(=O)Nc1cccc(CNC(=O)[C@H]2C[C@@H]2c2ccc(Cl)cc2)c1. The number of carbonyl (C=O) groups excluding carboxylic acids is 2. The summed E-state index contributed by atoms with van der Waals surface area (Å²) in [6, 6.07) is 14.2. The fourth-order valence-electron chi connectivity index (χ4n) is 2.78. The first-order valence-electron chi connectivity index (χ1n) is 7.71. The largest absolute Gasteiger partial charge is 0.352 e. The zero-order valence-electron chi connectivity index (χ0n) is 13.0. The predicted octanol–water partition coefficient (Wildman–Crippen LogP) is 3.25. The third-order valence-electron chi connectivity index (χ3n) is 4.09. The molecule has 1 saturated carbocycles. The summed E-state index contributed by atoms with van der Waals surface area (Å²) in [5, 5.41) is 6.16. The maximum atomic E-state index is 12.3. The van der Waals surface area contributed by atoms with E-state index >= 15 is 0 Å². The third-order valence-corrected chi connectivity index (χ3v) is 4.34. The Balaban J connectivity index is 1.53. The van der Waals surface area contributed by atoms with Crippen LogP contribution in [0.1, 0.15) is 23.5 Å². The second kappa shape index (κ2) is 6.93. The van der Waals surface area contributed by atoms with Crippen molar-refractivity contribution in [2.45, 2.75) is 18.9 Å². The van der Waals surface area contributed by atoms with Crippen molar-refractivity contribution in [1.29, 1.82) is 0 Å². The van der Waals surface area contributed by atoms with E-state index in [9.17, 15) is 9.59 Å². The number of hydrogen-bond acceptors (Lipinski definition) is 2. The van der Waals surface area contributed by atoms with Crippen molar-refractivity contribution in [3.63, 3.8) is 0 Å². The van der Waals surface area contributed by atoms with Gasteiger partial charge in [0.1, 0.15) is 0 Å². The van der Waals surface area contributed by atoms with Crippen molar-refractivity contribution in [2.75, 3.05) is 5.32 Å². The van der Waals surface area contributed by atoms with Gasteiger partial charge in [-0.3, -0.25) is 4.79 Å². The van der Waals surface area contributed by atoms with Gasteiger partial charge in [0, 0.05) is 23.2 Å². The zero-order chi connectivity index (χ0) is 17.1. The van der Waals surface area contributed by atoms with Crippen LogP contribution in [-0.4, -0.2) is 11.9 Å². The molecule has 0 heterocycles. The highest BCUT2D eigenvalue weighted by molar-refractivity contribution is 6.30. The van der Waals surface area contributed by atoms with E-state index in [1.165, 1.54) is 0 Å². The molecule has 1 aliphatic rings. The summed E-state index contributed by atoms with van der Waals surface area (Å²) in [6.07, 6.45) is 0.858. The van der Waals surface area contributed by atoms with E-state index in [0.717, 1.165) is 17.5 Å². The van der Waals surface area contributed by atoms with Crippen LogP contribution < -0.4 is 16.4 Å². The van der Waals surface area contributed by atoms with Gasteiger partial charge in [0.05, 0.1) is 0 Å². The quantitative estimate of drug-likeness (QED) is 0.778. The minimum Gasteiger partial charge on any atom is -0.352 e. The topological polar surface area (TPSA) is 84.2 Å². The number of amides is 3. The smallest absolute Gasteiger partial charge is 0.316 e. The van der Waals surface area contributed by atoms with Crippen LogP contribution in [0, 0.1) is 5.92 Å². The lowest BCUT2D eigenvalue weighted by Crippen LogP contribution is -2.25. The number of nitrogens with two attached hydrogens (primary N) is 1. The molecule has 2 aromatic carbocycles. The first kappa shape index (κ1) is 16.3. The average Bonchev–Trinajstić information content (AvgIpc) is 3.34. The standard InChI is InChI=1S/C18H18ClN3O2/c19-13-6-4-12(5-7-13)15-9-16(15)17(23)21-10-11-2-1-3-14(8-11)22-18(20)24/h1-8,15-16H,9-10H2,(H,21,23)(H3,20,22,24)/t15-,16+/m1/s1. The Hall–Kier alpha value is -2.53. The third kappa shape index (κ3) is 4.06. The number of halogens is 1. The van der Waals surface area contributed by atoms with Crippen molar-refractivity contribution < 1.29 is 9.59 Å². The van der Waals surface area contributed by atoms with Crippen LogP contribution in [0.15, 0.2) is 48.5 Å². The van der Waals surface area contributed by atoms with Crippen LogP contribution in [0.25, 0.3) is 0 Å². The first-order valence-corrected chi connectivity index (χ1v) is 8.09. The second-order valence-corrected chi connectivity index (χ2v) is 6.34. The van der Waals surface area contributed by atoms with E-state index in [2.05, 4.69) is 10.6 Å². The van der Waals surface area contributed by atoms with Crippen molar-refractivity contribution in [2.24, 2.45) is 11.7 Å². The Morgan fingerprint density at radius 2 is 1.92 bits per heavy atom. The average molecular weight is 344 g/mol. The number of primary amides is 1. The summed E-state index contributed by atoms with van der Waals surface area (Å²) < 4.78 is 0. The maximum absolute atomic E-state index is 12.3. The van der Waals surface area contributed by atoms with Gasteiger partial charge in [0.2, 0.25) is 5.91 Å². The van der Waals surface area contributed by atoms with E-state index in [-0.39, 0.29) is 17.7 Å². The Labute approximate surface area is 145 Å². The second-order valence-electron chi connectivity index (χ2n) is 5.91. The summed E-state index contributed by atoms with van der Waals surface area (Å²) in [7, 11) is 0. The normalized spacial score (nSPS) is 18.7. The minimum absolute atomic E-state index is 0.0121. The first-order chi connectivity index (χ1) is 11.5. The van der Waals surface area contributed by atoms with Gasteiger partial charge in [0.25, 0.3) is 0 Å². The number of anilines is 1. The van der Waals surface area contributed by atoms with Crippen molar-refractivity contribution >= 4 is 29.2 Å². The number of nitrogens with one attached hydrogen (secondary N) is 2. The molecule has 2 atom stereocenters. The molecular formula is C18H18ClN3O2. The minimum atomic E-state index is -0.611. The molecule has 0 spiro atoms. The summed E-state index contributed by atoms with van der Waals surface area (Å²) in [6.45, 7) is 0.414. The molecule has 6 heteroatoms. The van der Waals surface area contributed by atoms with Gasteiger partial charge in [-0.05, 0) is 47.7 Å². The molecule has 0 unspecified atom stereocenters. The summed E-state index contributed by atoms with van der Waals surface area (Å²) in [5.41, 5.74) is 7.75. The number of carbonyl (C=O) groups is 2. The number of hydrogen-bond donors (Lipinski definition) is 3. The molecule has 0 radical (unpaired) electrons. The number of urea groups is 1. The molecule has 2 aromatic rings. The Morgan fingerprint density at radius 1 is 1.17 bits per heavy atom. The van der Waals surface area contributed by atoms with E-state index < -0.39 is 6.03 Å². The number of rotatable bonds is 5. The molecule has 1 fully saturated rings. The van der Waals surface area contributed by atoms with Crippen LogP contribution in [0.2, 0.25) is 5.02 Å². The van der Waals surface area contributed by atoms with Gasteiger partial charge in [0.15, 0.2) is 0 Å². The van der Waals surface area contributed by atoms with Crippen LogP contribution >= 0.6 is 11.6 Å². The molecule has 3 amide bonds. The van der Waals surface area contributed by atoms with E-state index in [1.54, 1.807) is 18.2 Å². The van der Waals surface area contributed by atoms with Crippen molar-refractivity contribution in [3.05, 3.63) is 64.7 Å². The highest BCUT2D eigenvalue weighted by atomic mass is 35.5. The zero-order valence-corrected chi connectivity index (χ0v) is 13.7. The number of benzene rings is 2. The highest BCUT2D eigenvalue weighted by Gasteiger charge is 2.43. The highest BCUT2D eigenvalue weighted by Crippen LogP contribution is 2.47. The molecule has 3 rings (SSSR count). The molecule has 4 N–H and O–H groups in total. The van der Waals surface area contributed by atoms with Gasteiger partial charge in [-0.2, -0.15) is 0 Å². The Kier molecular flexibility index (Phi) is 4.71. The van der Waals surface area contributed by atoms with E-state index in [1.807, 2.05) is 30.3 Å². The molecule has 1 aliphatic carbocycles. The fourth-order valence-corrected chi connectivity index (χ4v) is 2.91. The summed E-state index contributed by atoms with van der Waals surface area (Å²) >= 11 is 5.88. The molecular weight excluding hydrogens is 326 g/mol. The Bertz CT molecular complexity index is 761. The van der Waals surface area contributed by atoms with Crippen LogP contribution in [0.3, 0.4) is 0 Å². The molecule has 5 nitrogen and oxygen atoms in total. The van der Waals surface area contributed by atoms with Crippen LogP contribution in [-0.2, 0) is 11.3 Å². The van der Waals surface area contributed by atoms with Crippen molar-refractivity contribution in [1.82, 2.24) is 5.32 Å². The van der Waals surface area contributed by atoms with Crippen LogP contribution in [0.5, 0.6) is 0 Å². The van der Waals surface area contributed by atoms with Gasteiger partial charge in [-0.25, -0.2) is 4.79 Å². The molecule has 0 aliphatic heterocycles. The molecule has 0 bridgehead atoms. The van der Waals surface area contributed by atoms with Gasteiger partial charge < -0.3 is 16.4 Å². The monoisotopic (exact) mass is 343 g/mol. The van der Waals surface area contributed by atoms with Gasteiger partial charge in [-0.15, -0.1) is 0 Å². The maximum Gasteiger partial charge on any atom is 0.316 e. The lowest BCUT2D eigenvalue weighted by atomic mass is 10.1. The molecule has 0 saturated heterocycles.